The molecule has 1 saturated heterocycles. The van der Waals surface area contributed by atoms with Crippen molar-refractivity contribution < 1.29 is 41.4 Å². The van der Waals surface area contributed by atoms with Crippen LogP contribution in [0.25, 0.3) is 22.3 Å². The zero-order chi connectivity index (χ0) is 35.4. The second-order valence-corrected chi connectivity index (χ2v) is 16.1. The van der Waals surface area contributed by atoms with E-state index < -0.39 is 40.8 Å². The van der Waals surface area contributed by atoms with Crippen molar-refractivity contribution in [2.45, 2.75) is 106 Å². The minimum absolute atomic E-state index is 0.0696. The van der Waals surface area contributed by atoms with Crippen LogP contribution in [0.15, 0.2) is 30.6 Å². The summed E-state index contributed by atoms with van der Waals surface area (Å²) in [5.74, 6) is -4.35. The number of rotatable bonds is 8. The molecule has 51 heavy (non-hydrogen) atoms. The van der Waals surface area contributed by atoms with Gasteiger partial charge in [-0.3, -0.25) is 9.69 Å². The molecule has 0 spiro atoms. The molecule has 0 unspecified atom stereocenters. The Hall–Kier alpha value is -3.81. The van der Waals surface area contributed by atoms with Crippen molar-refractivity contribution in [3.05, 3.63) is 41.9 Å². The first-order chi connectivity index (χ1) is 24.3. The van der Waals surface area contributed by atoms with E-state index in [-0.39, 0.29) is 48.9 Å². The summed E-state index contributed by atoms with van der Waals surface area (Å²) in [4.78, 5) is 36.5. The highest BCUT2D eigenvalue weighted by atomic mass is 19.4. The first kappa shape index (κ1) is 33.1. The normalized spacial score (nSPS) is 32.9. The molecule has 0 atom stereocenters. The number of fused-ring (bicyclic) bond motifs is 1. The molecule has 272 valence electrons. The summed E-state index contributed by atoms with van der Waals surface area (Å²) in [6.45, 7) is -0.366. The molecule has 3 aromatic rings. The Morgan fingerprint density at radius 2 is 1.57 bits per heavy atom. The number of aromatic nitrogens is 3. The van der Waals surface area contributed by atoms with E-state index in [9.17, 15) is 36.6 Å². The molecule has 1 aliphatic heterocycles. The second kappa shape index (κ2) is 11.6. The molecule has 2 aromatic heterocycles. The Morgan fingerprint density at radius 1 is 0.922 bits per heavy atom. The zero-order valence-electron chi connectivity index (χ0n) is 28.0. The Morgan fingerprint density at radius 3 is 2.16 bits per heavy atom. The van der Waals surface area contributed by atoms with Gasteiger partial charge in [-0.2, -0.15) is 13.2 Å². The number of carbonyl (C=O) groups excluding carboxylic acids is 1. The van der Waals surface area contributed by atoms with Crippen LogP contribution in [-0.2, 0) is 11.0 Å². The van der Waals surface area contributed by atoms with Gasteiger partial charge in [0.1, 0.15) is 11.3 Å². The highest BCUT2D eigenvalue weighted by Crippen LogP contribution is 2.58. The molecule has 6 aliphatic carbocycles. The first-order valence-electron chi connectivity index (χ1n) is 18.2. The first-order valence-corrected chi connectivity index (χ1v) is 18.2. The minimum Gasteiger partial charge on any atom is -0.490 e. The van der Waals surface area contributed by atoms with E-state index in [4.69, 9.17) is 4.74 Å². The van der Waals surface area contributed by atoms with Gasteiger partial charge in [0.15, 0.2) is 11.5 Å². The summed E-state index contributed by atoms with van der Waals surface area (Å²) < 4.78 is 79.0. The van der Waals surface area contributed by atoms with Crippen molar-refractivity contribution in [3.63, 3.8) is 0 Å². The van der Waals surface area contributed by atoms with E-state index in [0.717, 1.165) is 56.7 Å². The summed E-state index contributed by atoms with van der Waals surface area (Å²) in [5.41, 5.74) is -2.66. The number of aliphatic carboxylic acids is 1. The van der Waals surface area contributed by atoms with Gasteiger partial charge < -0.3 is 19.7 Å². The van der Waals surface area contributed by atoms with Gasteiger partial charge in [0.05, 0.1) is 30.3 Å². The van der Waals surface area contributed by atoms with Crippen LogP contribution in [0.1, 0.15) is 92.7 Å². The van der Waals surface area contributed by atoms with Crippen molar-refractivity contribution in [3.8, 4) is 17.1 Å². The lowest BCUT2D eigenvalue weighted by molar-refractivity contribution is -0.163. The smallest absolute Gasteiger partial charge is 0.434 e. The Balaban J connectivity index is 0.982. The summed E-state index contributed by atoms with van der Waals surface area (Å²) >= 11 is 0. The van der Waals surface area contributed by atoms with Crippen LogP contribution in [0.4, 0.5) is 22.0 Å². The number of nitrogens with one attached hydrogen (secondary N) is 1. The SMILES string of the molecule is O=C(NC1(C(=O)O)C2CC3CC(C2)CC1C3)c1cnc(-c2cn(C3CC3)c3cc(O[C@H]4CC[C@@H](N5CC(F)(F)C5)CC4)ccc23)nc1C(F)(F)F. The minimum atomic E-state index is -5.00. The highest BCUT2D eigenvalue weighted by molar-refractivity contribution is 6.00. The van der Waals surface area contributed by atoms with Crippen LogP contribution < -0.4 is 10.1 Å². The lowest BCUT2D eigenvalue weighted by Gasteiger charge is -2.59. The summed E-state index contributed by atoms with van der Waals surface area (Å²) in [7, 11) is 0. The summed E-state index contributed by atoms with van der Waals surface area (Å²) in [6.07, 6.45) is 6.02. The van der Waals surface area contributed by atoms with Crippen molar-refractivity contribution in [1.82, 2.24) is 24.8 Å². The standard InChI is InChI=1S/C37H40F5N5O4/c38-35(39)17-46(18-35)23-3-5-25(6-4-23)51-26-7-8-27-29(16-47(24-1-2-24)30(27)14-26)32-43-15-28(31(44-32)37(40,41)42)33(48)45-36(34(49)50)21-10-19-9-20(12-21)13-22(36)11-19/h7-8,14-16,19-25H,1-6,9-13,17-18H2,(H,45,48)(H,49,50)/t19?,20?,21?,22?,23-,25+,36?. The van der Waals surface area contributed by atoms with Crippen LogP contribution in [0.5, 0.6) is 5.75 Å². The predicted octanol–water partition coefficient (Wildman–Crippen LogP) is 7.10. The van der Waals surface area contributed by atoms with Gasteiger partial charge in [0.2, 0.25) is 0 Å². The number of hydrogen-bond donors (Lipinski definition) is 2. The maximum atomic E-state index is 14.6. The number of halogens is 5. The fourth-order valence-corrected chi connectivity index (χ4v) is 10.3. The van der Waals surface area contributed by atoms with Crippen LogP contribution in [0.3, 0.4) is 0 Å². The van der Waals surface area contributed by atoms with Gasteiger partial charge in [-0.15, -0.1) is 0 Å². The Bertz CT molecular complexity index is 1860. The molecule has 1 aromatic carbocycles. The summed E-state index contributed by atoms with van der Waals surface area (Å²) in [5, 5.41) is 13.7. The van der Waals surface area contributed by atoms with Crippen LogP contribution in [0, 0.1) is 23.7 Å². The number of amides is 1. The lowest BCUT2D eigenvalue weighted by Crippen LogP contribution is -2.70. The number of benzene rings is 1. The number of carboxylic acid groups (broad SMARTS) is 1. The number of hydrogen-bond acceptors (Lipinski definition) is 6. The lowest BCUT2D eigenvalue weighted by atomic mass is 9.48. The quantitative estimate of drug-likeness (QED) is 0.240. The summed E-state index contributed by atoms with van der Waals surface area (Å²) in [6, 6.07) is 5.74. The highest BCUT2D eigenvalue weighted by Gasteiger charge is 2.62. The predicted molar refractivity (Wildman–Crippen MR) is 174 cm³/mol. The molecule has 7 aliphatic rings. The van der Waals surface area contributed by atoms with Gasteiger partial charge in [-0.1, -0.05) is 0 Å². The Labute approximate surface area is 290 Å². The fourth-order valence-electron chi connectivity index (χ4n) is 10.3. The maximum absolute atomic E-state index is 14.6. The Kier molecular flexibility index (Phi) is 7.52. The molecule has 0 radical (unpaired) electrons. The van der Waals surface area contributed by atoms with Crippen molar-refractivity contribution in [1.29, 1.82) is 0 Å². The molecule has 1 amide bonds. The van der Waals surface area contributed by atoms with Crippen molar-refractivity contribution >= 4 is 22.8 Å². The third-order valence-corrected chi connectivity index (χ3v) is 12.7. The third-order valence-electron chi connectivity index (χ3n) is 12.7. The van der Waals surface area contributed by atoms with E-state index in [1.165, 1.54) is 0 Å². The molecule has 6 saturated carbocycles. The maximum Gasteiger partial charge on any atom is 0.434 e. The van der Waals surface area contributed by atoms with E-state index >= 15 is 0 Å². The van der Waals surface area contributed by atoms with Crippen LogP contribution >= 0.6 is 0 Å². The van der Waals surface area contributed by atoms with Gasteiger partial charge in [-0.25, -0.2) is 23.5 Å². The molecule has 7 fully saturated rings. The van der Waals surface area contributed by atoms with Crippen molar-refractivity contribution in [2.24, 2.45) is 23.7 Å². The number of alkyl halides is 5. The number of ether oxygens (including phenoxy) is 1. The zero-order valence-corrected chi connectivity index (χ0v) is 28.0. The molecule has 10 rings (SSSR count). The van der Waals surface area contributed by atoms with Gasteiger partial charge in [0.25, 0.3) is 11.8 Å². The van der Waals surface area contributed by atoms with E-state index in [0.29, 0.717) is 54.2 Å². The third kappa shape index (κ3) is 5.66. The topological polar surface area (TPSA) is 110 Å². The van der Waals surface area contributed by atoms with Crippen LogP contribution in [0.2, 0.25) is 0 Å². The average molecular weight is 714 g/mol. The molecular weight excluding hydrogens is 673 g/mol. The molecule has 14 heteroatoms. The molecular formula is C37H40F5N5O4. The average Bonchev–Trinajstić information content (AvgIpc) is 3.84. The molecule has 9 nitrogen and oxygen atoms in total. The second-order valence-electron chi connectivity index (χ2n) is 16.1. The van der Waals surface area contributed by atoms with E-state index in [2.05, 4.69) is 15.3 Å². The number of nitrogens with zero attached hydrogens (tertiary/aromatic N) is 4. The van der Waals surface area contributed by atoms with Crippen molar-refractivity contribution in [2.75, 3.05) is 13.1 Å². The number of likely N-dealkylation sites (tertiary alicyclic amines) is 1. The van der Waals surface area contributed by atoms with Gasteiger partial charge in [-0.05, 0) is 106 Å². The molecule has 3 heterocycles. The van der Waals surface area contributed by atoms with E-state index in [1.54, 1.807) is 18.3 Å². The fraction of sp³-hybridized carbons (Fsp3) is 0.622. The van der Waals surface area contributed by atoms with Crippen LogP contribution in [-0.4, -0.2) is 73.1 Å². The van der Waals surface area contributed by atoms with Gasteiger partial charge >= 0.3 is 12.1 Å². The largest absolute Gasteiger partial charge is 0.490 e. The molecule has 4 bridgehead atoms. The monoisotopic (exact) mass is 713 g/mol. The van der Waals surface area contributed by atoms with E-state index in [1.807, 2.05) is 15.5 Å². The number of carbonyl (C=O) groups is 2. The molecule has 2 N–H and O–H groups in total. The number of carboxylic acids is 1. The van der Waals surface area contributed by atoms with Gasteiger partial charge in [0, 0.05) is 41.5 Å².